The molecule has 4 heteroatoms. The van der Waals surface area contributed by atoms with Gasteiger partial charge in [0.1, 0.15) is 0 Å². The first-order chi connectivity index (χ1) is 7.16. The molecule has 0 aromatic heterocycles. The van der Waals surface area contributed by atoms with Gasteiger partial charge in [-0.3, -0.25) is 4.79 Å². The van der Waals surface area contributed by atoms with Gasteiger partial charge in [-0.05, 0) is 31.0 Å². The lowest BCUT2D eigenvalue weighted by Gasteiger charge is -2.16. The molecule has 1 aliphatic heterocycles. The second kappa shape index (κ2) is 3.98. The second-order valence-electron chi connectivity index (χ2n) is 3.48. The molecule has 78 valence electrons. The Morgan fingerprint density at radius 1 is 1.40 bits per heavy atom. The van der Waals surface area contributed by atoms with Gasteiger partial charge in [0.2, 0.25) is 5.91 Å². The molecule has 2 rings (SSSR count). The van der Waals surface area contributed by atoms with E-state index in [0.29, 0.717) is 12.1 Å². The third kappa shape index (κ3) is 2.15. The van der Waals surface area contributed by atoms with E-state index in [0.717, 1.165) is 5.69 Å². The zero-order valence-corrected chi connectivity index (χ0v) is 9.25. The topological polar surface area (TPSA) is 46.3 Å². The lowest BCUT2D eigenvalue weighted by molar-refractivity contribution is -0.114. The van der Waals surface area contributed by atoms with Gasteiger partial charge in [-0.1, -0.05) is 17.7 Å². The van der Waals surface area contributed by atoms with Crippen LogP contribution in [0.4, 0.5) is 5.69 Å². The Balaban J connectivity index is 2.10. The Morgan fingerprint density at radius 3 is 2.60 bits per heavy atom. The van der Waals surface area contributed by atoms with Crippen LogP contribution >= 0.6 is 11.9 Å². The molecule has 1 amide bonds. The minimum Gasteiger partial charge on any atom is -0.366 e. The first-order valence-electron chi connectivity index (χ1n) is 4.66. The van der Waals surface area contributed by atoms with E-state index in [1.165, 1.54) is 17.5 Å². The van der Waals surface area contributed by atoms with Crippen LogP contribution in [0.5, 0.6) is 0 Å². The third-order valence-corrected chi connectivity index (χ3v) is 3.26. The van der Waals surface area contributed by atoms with Crippen molar-refractivity contribution < 1.29 is 4.79 Å². The summed E-state index contributed by atoms with van der Waals surface area (Å²) in [5.41, 5.74) is 8.21. The molecular formula is C11H12N2OS. The van der Waals surface area contributed by atoms with Crippen molar-refractivity contribution in [1.29, 1.82) is 0 Å². The Morgan fingerprint density at radius 2 is 2.07 bits per heavy atom. The summed E-state index contributed by atoms with van der Waals surface area (Å²) >= 11 is 1.51. The number of hydrogen-bond acceptors (Lipinski definition) is 3. The number of aryl methyl sites for hydroxylation is 1. The van der Waals surface area contributed by atoms with Crippen LogP contribution in [0.3, 0.4) is 0 Å². The van der Waals surface area contributed by atoms with E-state index in [2.05, 4.69) is 12.1 Å². The number of carbonyl (C=O) groups excluding carboxylic acids is 1. The van der Waals surface area contributed by atoms with E-state index in [1.54, 1.807) is 0 Å². The Hall–Kier alpha value is -1.42. The normalized spacial score (nSPS) is 15.3. The standard InChI is InChI=1S/C11H12N2OS/c1-8-2-4-10(5-3-8)13-6-9(7-15-13)11(12)14/h2-5,7H,6H2,1H3,(H2,12,14). The molecule has 0 saturated heterocycles. The molecule has 1 aromatic carbocycles. The van der Waals surface area contributed by atoms with E-state index >= 15 is 0 Å². The lowest BCUT2D eigenvalue weighted by Crippen LogP contribution is -2.20. The summed E-state index contributed by atoms with van der Waals surface area (Å²) in [5, 5.41) is 1.81. The van der Waals surface area contributed by atoms with Crippen molar-refractivity contribution in [3.63, 3.8) is 0 Å². The molecule has 2 N–H and O–H groups in total. The molecule has 0 atom stereocenters. The number of nitrogens with two attached hydrogens (primary N) is 1. The predicted molar refractivity (Wildman–Crippen MR) is 63.4 cm³/mol. The Labute approximate surface area is 93.1 Å². The van der Waals surface area contributed by atoms with Crippen molar-refractivity contribution in [3.8, 4) is 0 Å². The maximum Gasteiger partial charge on any atom is 0.247 e. The van der Waals surface area contributed by atoms with Gasteiger partial charge in [0.15, 0.2) is 0 Å². The van der Waals surface area contributed by atoms with E-state index in [1.807, 2.05) is 28.8 Å². The fourth-order valence-electron chi connectivity index (χ4n) is 1.36. The third-order valence-electron chi connectivity index (χ3n) is 2.27. The molecule has 0 spiro atoms. The molecule has 0 bridgehead atoms. The molecule has 0 unspecified atom stereocenters. The molecule has 0 fully saturated rings. The van der Waals surface area contributed by atoms with Gasteiger partial charge in [0.05, 0.1) is 6.54 Å². The van der Waals surface area contributed by atoms with Gasteiger partial charge in [-0.25, -0.2) is 0 Å². The van der Waals surface area contributed by atoms with E-state index in [9.17, 15) is 4.79 Å². The summed E-state index contributed by atoms with van der Waals surface area (Å²) in [7, 11) is 0. The van der Waals surface area contributed by atoms with Crippen molar-refractivity contribution in [1.82, 2.24) is 0 Å². The molecular weight excluding hydrogens is 208 g/mol. The van der Waals surface area contributed by atoms with Crippen molar-refractivity contribution in [2.45, 2.75) is 6.92 Å². The minimum atomic E-state index is -0.336. The minimum absolute atomic E-state index is 0.336. The fourth-order valence-corrected chi connectivity index (χ4v) is 2.26. The largest absolute Gasteiger partial charge is 0.366 e. The number of amides is 1. The van der Waals surface area contributed by atoms with Crippen molar-refractivity contribution in [2.24, 2.45) is 5.73 Å². The van der Waals surface area contributed by atoms with Crippen LogP contribution in [-0.2, 0) is 4.79 Å². The molecule has 0 aliphatic carbocycles. The molecule has 0 radical (unpaired) electrons. The zero-order valence-electron chi connectivity index (χ0n) is 8.43. The van der Waals surface area contributed by atoms with Gasteiger partial charge >= 0.3 is 0 Å². The SMILES string of the molecule is Cc1ccc(N2CC(C(N)=O)=CS2)cc1. The van der Waals surface area contributed by atoms with Crippen molar-refractivity contribution >= 4 is 23.5 Å². The van der Waals surface area contributed by atoms with Crippen LogP contribution < -0.4 is 10.0 Å². The second-order valence-corrected chi connectivity index (χ2v) is 4.37. The Kier molecular flexibility index (Phi) is 2.68. The highest BCUT2D eigenvalue weighted by Gasteiger charge is 2.18. The first kappa shape index (κ1) is 10.1. The van der Waals surface area contributed by atoms with Crippen molar-refractivity contribution in [3.05, 3.63) is 40.8 Å². The summed E-state index contributed by atoms with van der Waals surface area (Å²) in [4.78, 5) is 10.9. The molecule has 1 aromatic rings. The molecule has 3 nitrogen and oxygen atoms in total. The average Bonchev–Trinajstić information content (AvgIpc) is 2.68. The monoisotopic (exact) mass is 220 g/mol. The highest BCUT2D eigenvalue weighted by Crippen LogP contribution is 2.30. The number of benzene rings is 1. The number of primary amides is 1. The Bertz CT molecular complexity index is 411. The van der Waals surface area contributed by atoms with Crippen LogP contribution in [0.15, 0.2) is 35.2 Å². The summed E-state index contributed by atoms with van der Waals surface area (Å²) in [6, 6.07) is 8.19. The smallest absolute Gasteiger partial charge is 0.247 e. The summed E-state index contributed by atoms with van der Waals surface area (Å²) < 4.78 is 2.04. The quantitative estimate of drug-likeness (QED) is 0.773. The number of anilines is 1. The first-order valence-corrected chi connectivity index (χ1v) is 5.50. The number of rotatable bonds is 2. The summed E-state index contributed by atoms with van der Waals surface area (Å²) in [6.07, 6.45) is 0. The van der Waals surface area contributed by atoms with Gasteiger partial charge in [0, 0.05) is 16.7 Å². The van der Waals surface area contributed by atoms with E-state index < -0.39 is 0 Å². The predicted octanol–water partition coefficient (Wildman–Crippen LogP) is 1.83. The number of carbonyl (C=O) groups is 1. The summed E-state index contributed by atoms with van der Waals surface area (Å²) in [5.74, 6) is -0.336. The van der Waals surface area contributed by atoms with E-state index in [-0.39, 0.29) is 5.91 Å². The number of nitrogens with zero attached hydrogens (tertiary/aromatic N) is 1. The van der Waals surface area contributed by atoms with Crippen LogP contribution in [0, 0.1) is 6.92 Å². The van der Waals surface area contributed by atoms with Gasteiger partial charge < -0.3 is 10.0 Å². The van der Waals surface area contributed by atoms with Gasteiger partial charge in [-0.2, -0.15) is 0 Å². The molecule has 1 aliphatic rings. The van der Waals surface area contributed by atoms with Crippen LogP contribution in [0.1, 0.15) is 5.56 Å². The van der Waals surface area contributed by atoms with Crippen LogP contribution in [0.25, 0.3) is 0 Å². The lowest BCUT2D eigenvalue weighted by atomic mass is 10.2. The van der Waals surface area contributed by atoms with Crippen molar-refractivity contribution in [2.75, 3.05) is 10.8 Å². The maximum atomic E-state index is 10.9. The molecule has 0 saturated carbocycles. The zero-order chi connectivity index (χ0) is 10.8. The van der Waals surface area contributed by atoms with Gasteiger partial charge in [0.25, 0.3) is 0 Å². The van der Waals surface area contributed by atoms with Gasteiger partial charge in [-0.15, -0.1) is 0 Å². The molecule has 1 heterocycles. The average molecular weight is 220 g/mol. The highest BCUT2D eigenvalue weighted by atomic mass is 32.2. The fraction of sp³-hybridized carbons (Fsp3) is 0.182. The maximum absolute atomic E-state index is 10.9. The van der Waals surface area contributed by atoms with Crippen LogP contribution in [0.2, 0.25) is 0 Å². The van der Waals surface area contributed by atoms with Crippen LogP contribution in [-0.4, -0.2) is 12.5 Å². The highest BCUT2D eigenvalue weighted by molar-refractivity contribution is 8.03. The molecule has 15 heavy (non-hydrogen) atoms. The summed E-state index contributed by atoms with van der Waals surface area (Å²) in [6.45, 7) is 2.64. The van der Waals surface area contributed by atoms with E-state index in [4.69, 9.17) is 5.73 Å². The number of hydrogen-bond donors (Lipinski definition) is 1.